The van der Waals surface area contributed by atoms with Crippen molar-refractivity contribution in [2.24, 2.45) is 56.7 Å². The van der Waals surface area contributed by atoms with Crippen molar-refractivity contribution in [3.63, 3.8) is 0 Å². The summed E-state index contributed by atoms with van der Waals surface area (Å²) in [6, 6.07) is 7.87. The number of para-hydroxylation sites is 2. The zero-order valence-corrected chi connectivity index (χ0v) is 27.9. The molecule has 2 aromatic rings. The highest BCUT2D eigenvalue weighted by Crippen LogP contribution is 2.77. The van der Waals surface area contributed by atoms with Crippen molar-refractivity contribution in [3.8, 4) is 0 Å². The van der Waals surface area contributed by atoms with Crippen LogP contribution in [0, 0.1) is 56.7 Å². The number of aliphatic hydroxyl groups is 2. The molecule has 11 atom stereocenters. The van der Waals surface area contributed by atoms with Crippen molar-refractivity contribution in [1.29, 1.82) is 0 Å². The van der Waals surface area contributed by atoms with Gasteiger partial charge >= 0.3 is 0 Å². The smallest absolute Gasteiger partial charge is 0.197 e. The van der Waals surface area contributed by atoms with Crippen molar-refractivity contribution in [2.45, 2.75) is 110 Å². The second-order valence-corrected chi connectivity index (χ2v) is 18.3. The van der Waals surface area contributed by atoms with Gasteiger partial charge in [0.1, 0.15) is 0 Å². The molecule has 236 valence electrons. The molecule has 0 saturated heterocycles. The molecule has 1 unspecified atom stereocenters. The molecule has 0 amide bonds. The van der Waals surface area contributed by atoms with E-state index >= 15 is 0 Å². The van der Waals surface area contributed by atoms with Gasteiger partial charge in [0.05, 0.1) is 33.7 Å². The maximum atomic E-state index is 13.6. The predicted molar refractivity (Wildman–Crippen MR) is 174 cm³/mol. The van der Waals surface area contributed by atoms with Crippen LogP contribution in [0.25, 0.3) is 11.0 Å². The first-order valence-corrected chi connectivity index (χ1v) is 18.4. The maximum absolute atomic E-state index is 13.6. The van der Waals surface area contributed by atoms with Gasteiger partial charge in [-0.3, -0.25) is 4.21 Å². The number of nitrogens with one attached hydrogen (secondary N) is 1. The van der Waals surface area contributed by atoms with E-state index in [0.29, 0.717) is 40.5 Å². The Morgan fingerprint density at radius 3 is 2.47 bits per heavy atom. The standard InChI is InChI=1S/C37H54N2O3S/c1-23(21-43(42)32-38-26-9-7-8-10-27(26)39-32)24-13-18-37(22-40)20-19-35(5)25(31(24)37)11-12-29-34(4)16-15-30(41)33(2,3)28(34)14-17-36(29,35)6/h7-10,24-25,28-31,40-41H,1,11-22H2,2-6H3,(H,38,39)/t24-,25+,28-,29+,30-,31+,34-,35+,36+,37+,43?/m0/s1. The van der Waals surface area contributed by atoms with Crippen molar-refractivity contribution in [3.05, 3.63) is 36.4 Å². The Balaban J connectivity index is 1.18. The van der Waals surface area contributed by atoms with E-state index in [2.05, 4.69) is 51.2 Å². The summed E-state index contributed by atoms with van der Waals surface area (Å²) >= 11 is 0. The number of aromatic amines is 1. The molecule has 1 aromatic carbocycles. The van der Waals surface area contributed by atoms with Gasteiger partial charge in [0.2, 0.25) is 0 Å². The zero-order chi connectivity index (χ0) is 30.6. The highest BCUT2D eigenvalue weighted by Gasteiger charge is 2.70. The van der Waals surface area contributed by atoms with Gasteiger partial charge in [-0.15, -0.1) is 0 Å². The highest BCUT2D eigenvalue weighted by atomic mass is 32.2. The number of hydrogen-bond donors (Lipinski definition) is 3. The second kappa shape index (κ2) is 10.00. The van der Waals surface area contributed by atoms with Gasteiger partial charge in [0, 0.05) is 6.61 Å². The third kappa shape index (κ3) is 4.07. The van der Waals surface area contributed by atoms with E-state index in [-0.39, 0.29) is 39.8 Å². The molecule has 5 fully saturated rings. The molecule has 5 saturated carbocycles. The van der Waals surface area contributed by atoms with E-state index in [1.807, 2.05) is 24.3 Å². The normalized spacial score (nSPS) is 45.9. The van der Waals surface area contributed by atoms with Crippen LogP contribution in [0.4, 0.5) is 0 Å². The first-order valence-electron chi connectivity index (χ1n) is 17.1. The molecule has 3 N–H and O–H groups in total. The molecule has 5 nitrogen and oxygen atoms in total. The minimum absolute atomic E-state index is 0.0333. The molecule has 1 heterocycles. The number of hydrogen-bond acceptors (Lipinski definition) is 4. The summed E-state index contributed by atoms with van der Waals surface area (Å²) < 4.78 is 13.6. The van der Waals surface area contributed by atoms with Crippen LogP contribution in [-0.4, -0.2) is 42.9 Å². The van der Waals surface area contributed by atoms with Gasteiger partial charge in [-0.05, 0) is 133 Å². The molecule has 0 radical (unpaired) electrons. The average Bonchev–Trinajstić information content (AvgIpc) is 3.58. The van der Waals surface area contributed by atoms with Gasteiger partial charge in [-0.2, -0.15) is 0 Å². The number of imidazole rings is 1. The third-order valence-corrected chi connectivity index (χ3v) is 16.6. The fourth-order valence-electron chi connectivity index (χ4n) is 12.8. The molecular formula is C37H54N2O3S. The molecule has 7 rings (SSSR count). The Hall–Kier alpha value is -1.50. The van der Waals surface area contributed by atoms with Crippen LogP contribution in [0.15, 0.2) is 41.6 Å². The van der Waals surface area contributed by atoms with Crippen LogP contribution < -0.4 is 0 Å². The monoisotopic (exact) mass is 606 g/mol. The summed E-state index contributed by atoms with van der Waals surface area (Å²) in [7, 11) is -1.27. The van der Waals surface area contributed by atoms with Gasteiger partial charge in [0.15, 0.2) is 5.16 Å². The molecule has 6 heteroatoms. The average molecular weight is 607 g/mol. The van der Waals surface area contributed by atoms with Crippen LogP contribution in [0.2, 0.25) is 0 Å². The summed E-state index contributed by atoms with van der Waals surface area (Å²) in [6.45, 7) is 17.4. The molecule has 5 aliphatic carbocycles. The van der Waals surface area contributed by atoms with E-state index in [1.165, 1.54) is 32.1 Å². The first-order chi connectivity index (χ1) is 20.3. The SMILES string of the molecule is C=C(CS(=O)c1nc2ccccc2[nH]1)[C@@H]1CC[C@]2(CO)CC[C@]3(C)[C@H](CC[C@@H]4[C@@]5(C)CC[C@H](O)C(C)(C)[C@@H]5CC[C@]43C)[C@@H]12. The van der Waals surface area contributed by atoms with Gasteiger partial charge in [0.25, 0.3) is 0 Å². The quantitative estimate of drug-likeness (QED) is 0.305. The predicted octanol–water partition coefficient (Wildman–Crippen LogP) is 7.66. The van der Waals surface area contributed by atoms with E-state index in [0.717, 1.165) is 48.7 Å². The topological polar surface area (TPSA) is 86.2 Å². The largest absolute Gasteiger partial charge is 0.396 e. The number of H-pyrrole nitrogens is 1. The Morgan fingerprint density at radius 1 is 0.953 bits per heavy atom. The lowest BCUT2D eigenvalue weighted by molar-refractivity contribution is -0.249. The molecule has 43 heavy (non-hydrogen) atoms. The highest BCUT2D eigenvalue weighted by molar-refractivity contribution is 7.85. The lowest BCUT2D eigenvalue weighted by atomic mass is 9.32. The number of rotatable bonds is 5. The molecule has 1 aromatic heterocycles. The number of aromatic nitrogens is 2. The molecule has 0 aliphatic heterocycles. The third-order valence-electron chi connectivity index (χ3n) is 15.3. The molecule has 0 spiro atoms. The Bertz CT molecular complexity index is 1420. The number of aliphatic hydroxyl groups excluding tert-OH is 2. The summed E-state index contributed by atoms with van der Waals surface area (Å²) in [6.07, 6.45) is 11.1. The van der Waals surface area contributed by atoms with Crippen LogP contribution >= 0.6 is 0 Å². The summed E-state index contributed by atoms with van der Waals surface area (Å²) in [5.41, 5.74) is 3.49. The lowest BCUT2D eigenvalue weighted by Gasteiger charge is -2.73. The van der Waals surface area contributed by atoms with E-state index in [9.17, 15) is 14.4 Å². The summed E-state index contributed by atoms with van der Waals surface area (Å²) in [4.78, 5) is 7.92. The molecule has 5 aliphatic rings. The summed E-state index contributed by atoms with van der Waals surface area (Å²) in [5.74, 6) is 2.89. The minimum Gasteiger partial charge on any atom is -0.396 e. The van der Waals surface area contributed by atoms with E-state index < -0.39 is 10.8 Å². The number of benzene rings is 1. The fraction of sp³-hybridized carbons (Fsp3) is 0.757. The van der Waals surface area contributed by atoms with Crippen molar-refractivity contribution in [1.82, 2.24) is 9.97 Å². The maximum Gasteiger partial charge on any atom is 0.197 e. The Kier molecular flexibility index (Phi) is 7.01. The minimum atomic E-state index is -1.27. The van der Waals surface area contributed by atoms with Crippen LogP contribution in [-0.2, 0) is 10.8 Å². The van der Waals surface area contributed by atoms with Crippen LogP contribution in [0.3, 0.4) is 0 Å². The summed E-state index contributed by atoms with van der Waals surface area (Å²) in [5, 5.41) is 22.6. The van der Waals surface area contributed by atoms with Gasteiger partial charge in [-0.1, -0.05) is 58.9 Å². The number of nitrogens with zero attached hydrogens (tertiary/aromatic N) is 1. The van der Waals surface area contributed by atoms with Crippen LogP contribution in [0.5, 0.6) is 0 Å². The molecule has 0 bridgehead atoms. The second-order valence-electron chi connectivity index (χ2n) is 16.9. The Morgan fingerprint density at radius 2 is 1.72 bits per heavy atom. The first kappa shape index (κ1) is 30.2. The van der Waals surface area contributed by atoms with Crippen molar-refractivity contribution >= 4 is 21.8 Å². The van der Waals surface area contributed by atoms with E-state index in [1.54, 1.807) is 0 Å². The van der Waals surface area contributed by atoms with Crippen molar-refractivity contribution in [2.75, 3.05) is 12.4 Å². The lowest BCUT2D eigenvalue weighted by Crippen LogP contribution is -2.66. The van der Waals surface area contributed by atoms with Crippen LogP contribution in [0.1, 0.15) is 98.8 Å². The Labute approximate surface area is 261 Å². The number of fused-ring (bicyclic) bond motifs is 8. The van der Waals surface area contributed by atoms with Gasteiger partial charge in [-0.25, -0.2) is 4.98 Å². The fourth-order valence-corrected chi connectivity index (χ4v) is 13.9. The zero-order valence-electron chi connectivity index (χ0n) is 27.1. The molecular weight excluding hydrogens is 552 g/mol. The van der Waals surface area contributed by atoms with Crippen molar-refractivity contribution < 1.29 is 14.4 Å². The van der Waals surface area contributed by atoms with E-state index in [4.69, 9.17) is 0 Å². The van der Waals surface area contributed by atoms with Gasteiger partial charge < -0.3 is 15.2 Å².